The van der Waals surface area contributed by atoms with E-state index >= 15 is 0 Å². The number of fused-ring (bicyclic) bond motifs is 1. The second kappa shape index (κ2) is 4.67. The van der Waals surface area contributed by atoms with E-state index in [1.54, 1.807) is 14.2 Å². The van der Waals surface area contributed by atoms with Gasteiger partial charge in [0.15, 0.2) is 0 Å². The highest BCUT2D eigenvalue weighted by Gasteiger charge is 2.11. The van der Waals surface area contributed by atoms with Gasteiger partial charge in [-0.3, -0.25) is 0 Å². The van der Waals surface area contributed by atoms with Gasteiger partial charge in [0.25, 0.3) is 0 Å². The predicted molar refractivity (Wildman–Crippen MR) is 68.8 cm³/mol. The summed E-state index contributed by atoms with van der Waals surface area (Å²) in [4.78, 5) is 3.23. The van der Waals surface area contributed by atoms with Crippen LogP contribution in [0.4, 0.5) is 0 Å². The molecule has 0 radical (unpaired) electrons. The summed E-state index contributed by atoms with van der Waals surface area (Å²) >= 11 is 0. The van der Waals surface area contributed by atoms with Crippen molar-refractivity contribution < 1.29 is 9.47 Å². The zero-order valence-corrected chi connectivity index (χ0v) is 10.4. The van der Waals surface area contributed by atoms with Crippen LogP contribution >= 0.6 is 0 Å². The lowest BCUT2D eigenvalue weighted by Gasteiger charge is -2.07. The molecule has 1 aromatic heterocycles. The number of nitrogens with one attached hydrogen (secondary N) is 1. The van der Waals surface area contributed by atoms with Gasteiger partial charge in [0.1, 0.15) is 11.5 Å². The molecule has 1 atom stereocenters. The van der Waals surface area contributed by atoms with Gasteiger partial charge < -0.3 is 20.2 Å². The quantitative estimate of drug-likeness (QED) is 0.851. The van der Waals surface area contributed by atoms with Crippen molar-refractivity contribution in [2.75, 3.05) is 14.2 Å². The maximum absolute atomic E-state index is 5.84. The topological polar surface area (TPSA) is 60.3 Å². The van der Waals surface area contributed by atoms with Gasteiger partial charge in [0, 0.05) is 23.7 Å². The third-order valence-electron chi connectivity index (χ3n) is 2.81. The summed E-state index contributed by atoms with van der Waals surface area (Å²) in [5.74, 6) is 1.58. The van der Waals surface area contributed by atoms with Crippen LogP contribution in [0.5, 0.6) is 11.5 Å². The number of hydrogen-bond donors (Lipinski definition) is 2. The molecule has 0 aliphatic heterocycles. The zero-order valence-electron chi connectivity index (χ0n) is 10.4. The van der Waals surface area contributed by atoms with E-state index in [1.165, 1.54) is 5.56 Å². The smallest absolute Gasteiger partial charge is 0.146 e. The van der Waals surface area contributed by atoms with E-state index in [2.05, 4.69) is 4.98 Å². The highest BCUT2D eigenvalue weighted by molar-refractivity contribution is 5.90. The second-order valence-corrected chi connectivity index (χ2v) is 4.25. The molecule has 4 nitrogen and oxygen atoms in total. The highest BCUT2D eigenvalue weighted by Crippen LogP contribution is 2.32. The molecule has 0 bridgehead atoms. The Kier molecular flexibility index (Phi) is 3.24. The predicted octanol–water partition coefficient (Wildman–Crippen LogP) is 2.07. The van der Waals surface area contributed by atoms with Crippen molar-refractivity contribution in [1.82, 2.24) is 4.98 Å². The van der Waals surface area contributed by atoms with Crippen molar-refractivity contribution in [3.05, 3.63) is 23.9 Å². The van der Waals surface area contributed by atoms with Crippen LogP contribution in [-0.2, 0) is 6.42 Å². The van der Waals surface area contributed by atoms with Crippen LogP contribution in [0.1, 0.15) is 12.5 Å². The molecule has 0 aliphatic rings. The molecular formula is C13H18N2O2. The molecule has 1 aromatic carbocycles. The number of hydrogen-bond acceptors (Lipinski definition) is 3. The second-order valence-electron chi connectivity index (χ2n) is 4.25. The first-order chi connectivity index (χ1) is 8.15. The standard InChI is InChI=1S/C13H18N2O2/c1-8(14)4-9-7-15-13-11(9)5-10(16-2)6-12(13)17-3/h5-8,15H,4,14H2,1-3H3. The van der Waals surface area contributed by atoms with E-state index in [0.717, 1.165) is 28.8 Å². The molecule has 1 heterocycles. The van der Waals surface area contributed by atoms with Crippen LogP contribution in [0.3, 0.4) is 0 Å². The van der Waals surface area contributed by atoms with Gasteiger partial charge in [-0.05, 0) is 25.0 Å². The van der Waals surface area contributed by atoms with Crippen LogP contribution in [0.15, 0.2) is 18.3 Å². The van der Waals surface area contributed by atoms with E-state index in [4.69, 9.17) is 15.2 Å². The molecule has 0 aliphatic carbocycles. The van der Waals surface area contributed by atoms with E-state index in [0.29, 0.717) is 0 Å². The molecule has 2 aromatic rings. The molecule has 0 saturated carbocycles. The number of aromatic amines is 1. The Balaban J connectivity index is 2.57. The summed E-state index contributed by atoms with van der Waals surface area (Å²) in [6.45, 7) is 2.00. The summed E-state index contributed by atoms with van der Waals surface area (Å²) in [5, 5.41) is 1.11. The maximum Gasteiger partial charge on any atom is 0.146 e. The number of methoxy groups -OCH3 is 2. The minimum Gasteiger partial charge on any atom is -0.497 e. The van der Waals surface area contributed by atoms with Crippen molar-refractivity contribution >= 4 is 10.9 Å². The summed E-state index contributed by atoms with van der Waals surface area (Å²) < 4.78 is 10.6. The molecule has 3 N–H and O–H groups in total. The number of rotatable bonds is 4. The number of H-pyrrole nitrogens is 1. The summed E-state index contributed by atoms with van der Waals surface area (Å²) in [5.41, 5.74) is 8.02. The van der Waals surface area contributed by atoms with Gasteiger partial charge in [0.05, 0.1) is 19.7 Å². The van der Waals surface area contributed by atoms with Gasteiger partial charge in [-0.2, -0.15) is 0 Å². The third-order valence-corrected chi connectivity index (χ3v) is 2.81. The van der Waals surface area contributed by atoms with Gasteiger partial charge >= 0.3 is 0 Å². The van der Waals surface area contributed by atoms with E-state index < -0.39 is 0 Å². The highest BCUT2D eigenvalue weighted by atomic mass is 16.5. The van der Waals surface area contributed by atoms with Crippen LogP contribution in [0.25, 0.3) is 10.9 Å². The Morgan fingerprint density at radius 3 is 2.65 bits per heavy atom. The van der Waals surface area contributed by atoms with Crippen LogP contribution in [-0.4, -0.2) is 25.2 Å². The zero-order chi connectivity index (χ0) is 12.4. The maximum atomic E-state index is 5.84. The van der Waals surface area contributed by atoms with E-state index in [9.17, 15) is 0 Å². The fraction of sp³-hybridized carbons (Fsp3) is 0.385. The van der Waals surface area contributed by atoms with Gasteiger partial charge in [-0.25, -0.2) is 0 Å². The number of ether oxygens (including phenoxy) is 2. The fourth-order valence-corrected chi connectivity index (χ4v) is 2.02. The third kappa shape index (κ3) is 2.22. The number of nitrogens with two attached hydrogens (primary N) is 1. The molecule has 0 amide bonds. The van der Waals surface area contributed by atoms with Crippen LogP contribution in [0.2, 0.25) is 0 Å². The normalized spacial score (nSPS) is 12.7. The minimum absolute atomic E-state index is 0.131. The Bertz CT molecular complexity index is 517. The van der Waals surface area contributed by atoms with Crippen molar-refractivity contribution in [3.63, 3.8) is 0 Å². The van der Waals surface area contributed by atoms with Gasteiger partial charge in [-0.15, -0.1) is 0 Å². The van der Waals surface area contributed by atoms with Gasteiger partial charge in [0.2, 0.25) is 0 Å². The van der Waals surface area contributed by atoms with Crippen molar-refractivity contribution in [3.8, 4) is 11.5 Å². The SMILES string of the molecule is COc1cc(OC)c2[nH]cc(CC(C)N)c2c1. The van der Waals surface area contributed by atoms with Gasteiger partial charge in [-0.1, -0.05) is 0 Å². The fourth-order valence-electron chi connectivity index (χ4n) is 2.02. The molecular weight excluding hydrogens is 216 g/mol. The number of benzene rings is 1. The van der Waals surface area contributed by atoms with E-state index in [-0.39, 0.29) is 6.04 Å². The van der Waals surface area contributed by atoms with Crippen LogP contribution < -0.4 is 15.2 Å². The molecule has 92 valence electrons. The molecule has 0 fully saturated rings. The van der Waals surface area contributed by atoms with E-state index in [1.807, 2.05) is 25.3 Å². The van der Waals surface area contributed by atoms with Crippen molar-refractivity contribution in [1.29, 1.82) is 0 Å². The Morgan fingerprint density at radius 1 is 1.29 bits per heavy atom. The first kappa shape index (κ1) is 11.8. The Labute approximate surface area is 101 Å². The lowest BCUT2D eigenvalue weighted by molar-refractivity contribution is 0.397. The first-order valence-electron chi connectivity index (χ1n) is 5.63. The van der Waals surface area contributed by atoms with Crippen LogP contribution in [0, 0.1) is 0 Å². The van der Waals surface area contributed by atoms with Crippen molar-refractivity contribution in [2.24, 2.45) is 5.73 Å². The Morgan fingerprint density at radius 2 is 2.06 bits per heavy atom. The molecule has 0 spiro atoms. The van der Waals surface area contributed by atoms with Crippen molar-refractivity contribution in [2.45, 2.75) is 19.4 Å². The minimum atomic E-state index is 0.131. The summed E-state index contributed by atoms with van der Waals surface area (Å²) in [6, 6.07) is 4.01. The molecule has 2 rings (SSSR count). The number of aromatic nitrogens is 1. The first-order valence-corrected chi connectivity index (χ1v) is 5.63. The summed E-state index contributed by atoms with van der Waals surface area (Å²) in [7, 11) is 3.30. The molecule has 0 saturated heterocycles. The Hall–Kier alpha value is -1.68. The monoisotopic (exact) mass is 234 g/mol. The molecule has 1 unspecified atom stereocenters. The lowest BCUT2D eigenvalue weighted by atomic mass is 10.1. The summed E-state index contributed by atoms with van der Waals surface area (Å²) in [6.07, 6.45) is 2.81. The molecule has 4 heteroatoms. The average molecular weight is 234 g/mol. The molecule has 17 heavy (non-hydrogen) atoms. The lowest BCUT2D eigenvalue weighted by Crippen LogP contribution is -2.17. The average Bonchev–Trinajstić information content (AvgIpc) is 2.70. The largest absolute Gasteiger partial charge is 0.497 e.